The van der Waals surface area contributed by atoms with Gasteiger partial charge in [-0.3, -0.25) is 9.10 Å². The summed E-state index contributed by atoms with van der Waals surface area (Å²) in [6.45, 7) is 5.85. The van der Waals surface area contributed by atoms with Crippen LogP contribution in [0.2, 0.25) is 0 Å². The van der Waals surface area contributed by atoms with E-state index in [-0.39, 0.29) is 17.2 Å². The minimum absolute atomic E-state index is 0.000360. The second kappa shape index (κ2) is 11.8. The molecule has 3 aromatic carbocycles. The first-order valence-corrected chi connectivity index (χ1v) is 14.1. The Balaban J connectivity index is 1.56. The molecule has 3 aromatic rings. The lowest BCUT2D eigenvalue weighted by atomic mass is 10.1. The normalized spacial score (nSPS) is 13.3. The maximum absolute atomic E-state index is 13.8. The molecule has 1 aliphatic heterocycles. The van der Waals surface area contributed by atoms with Crippen molar-refractivity contribution >= 4 is 27.3 Å². The van der Waals surface area contributed by atoms with Crippen LogP contribution < -0.4 is 24.0 Å². The van der Waals surface area contributed by atoms with Crippen molar-refractivity contribution in [3.8, 4) is 11.5 Å². The van der Waals surface area contributed by atoms with E-state index in [1.807, 2.05) is 32.0 Å². The maximum atomic E-state index is 13.8. The standard InChI is InChI=1S/C29H35N3O5S/c1-21-15-22(2)17-25(16-21)32(38(34,35)26-11-12-27(36-3)28(18-26)37-4)20-29(33)30-19-23-7-9-24(10-8-23)31-13-5-6-14-31/h7-12,15-18H,5-6,13-14,19-20H2,1-4H3,(H,30,33). The van der Waals surface area contributed by atoms with Crippen molar-refractivity contribution in [2.24, 2.45) is 0 Å². The van der Waals surface area contributed by atoms with Crippen LogP contribution in [0.25, 0.3) is 0 Å². The van der Waals surface area contributed by atoms with Crippen molar-refractivity contribution < 1.29 is 22.7 Å². The molecular weight excluding hydrogens is 502 g/mol. The van der Waals surface area contributed by atoms with Crippen LogP contribution in [0.1, 0.15) is 29.5 Å². The predicted molar refractivity (Wildman–Crippen MR) is 150 cm³/mol. The van der Waals surface area contributed by atoms with Crippen molar-refractivity contribution in [2.45, 2.75) is 38.1 Å². The third-order valence-corrected chi connectivity index (χ3v) is 8.39. The highest BCUT2D eigenvalue weighted by atomic mass is 32.2. The topological polar surface area (TPSA) is 88.2 Å². The largest absolute Gasteiger partial charge is 0.493 e. The first-order chi connectivity index (χ1) is 18.2. The van der Waals surface area contributed by atoms with Crippen molar-refractivity contribution in [3.05, 3.63) is 77.4 Å². The average Bonchev–Trinajstić information content (AvgIpc) is 3.45. The first-order valence-electron chi connectivity index (χ1n) is 12.6. The minimum atomic E-state index is -4.11. The Bertz CT molecular complexity index is 1360. The van der Waals surface area contributed by atoms with Gasteiger partial charge in [-0.05, 0) is 79.8 Å². The van der Waals surface area contributed by atoms with Gasteiger partial charge in [0.2, 0.25) is 5.91 Å². The van der Waals surface area contributed by atoms with E-state index in [1.54, 1.807) is 12.1 Å². The molecule has 1 fully saturated rings. The van der Waals surface area contributed by atoms with Crippen LogP contribution in [0.3, 0.4) is 0 Å². The van der Waals surface area contributed by atoms with Gasteiger partial charge in [0.15, 0.2) is 11.5 Å². The Hall–Kier alpha value is -3.72. The van der Waals surface area contributed by atoms with E-state index >= 15 is 0 Å². The molecular formula is C29H35N3O5S. The summed E-state index contributed by atoms with van der Waals surface area (Å²) in [6, 6.07) is 18.0. The second-order valence-electron chi connectivity index (χ2n) is 9.51. The van der Waals surface area contributed by atoms with Crippen LogP contribution >= 0.6 is 0 Å². The van der Waals surface area contributed by atoms with Gasteiger partial charge in [0.05, 0.1) is 24.8 Å². The fourth-order valence-corrected chi connectivity index (χ4v) is 6.12. The highest BCUT2D eigenvalue weighted by molar-refractivity contribution is 7.92. The van der Waals surface area contributed by atoms with Gasteiger partial charge in [0.1, 0.15) is 6.54 Å². The summed E-state index contributed by atoms with van der Waals surface area (Å²) in [5.41, 5.74) is 4.33. The highest BCUT2D eigenvalue weighted by Crippen LogP contribution is 2.32. The van der Waals surface area contributed by atoms with E-state index in [9.17, 15) is 13.2 Å². The Morgan fingerprint density at radius 2 is 1.53 bits per heavy atom. The fraction of sp³-hybridized carbons (Fsp3) is 0.345. The van der Waals surface area contributed by atoms with E-state index in [1.165, 1.54) is 50.9 Å². The van der Waals surface area contributed by atoms with Gasteiger partial charge < -0.3 is 19.7 Å². The number of aryl methyl sites for hydroxylation is 2. The Kier molecular flexibility index (Phi) is 8.46. The van der Waals surface area contributed by atoms with E-state index in [0.717, 1.165) is 34.1 Å². The zero-order valence-corrected chi connectivity index (χ0v) is 23.2. The summed E-state index contributed by atoms with van der Waals surface area (Å²) in [5.74, 6) is 0.297. The summed E-state index contributed by atoms with van der Waals surface area (Å²) in [4.78, 5) is 15.4. The average molecular weight is 538 g/mol. The maximum Gasteiger partial charge on any atom is 0.264 e. The summed E-state index contributed by atoms with van der Waals surface area (Å²) in [5, 5.41) is 2.88. The van der Waals surface area contributed by atoms with Crippen molar-refractivity contribution in [1.29, 1.82) is 0 Å². The molecule has 0 spiro atoms. The smallest absolute Gasteiger partial charge is 0.264 e. The molecule has 0 unspecified atom stereocenters. The van der Waals surface area contributed by atoms with E-state index < -0.39 is 15.9 Å². The number of benzene rings is 3. The number of ether oxygens (including phenoxy) is 2. The van der Waals surface area contributed by atoms with Crippen LogP contribution in [0.4, 0.5) is 11.4 Å². The molecule has 1 saturated heterocycles. The molecule has 1 N–H and O–H groups in total. The molecule has 0 radical (unpaired) electrons. The summed E-state index contributed by atoms with van der Waals surface area (Å²) < 4.78 is 39.4. The zero-order chi connectivity index (χ0) is 27.3. The summed E-state index contributed by atoms with van der Waals surface area (Å²) in [6.07, 6.45) is 2.42. The lowest BCUT2D eigenvalue weighted by Gasteiger charge is -2.25. The van der Waals surface area contributed by atoms with E-state index in [0.29, 0.717) is 18.0 Å². The van der Waals surface area contributed by atoms with Crippen LogP contribution in [-0.4, -0.2) is 48.2 Å². The molecule has 0 aliphatic carbocycles. The monoisotopic (exact) mass is 537 g/mol. The number of sulfonamides is 1. The lowest BCUT2D eigenvalue weighted by molar-refractivity contribution is -0.119. The third-order valence-electron chi connectivity index (χ3n) is 6.62. The van der Waals surface area contributed by atoms with Crippen LogP contribution in [0.15, 0.2) is 65.6 Å². The van der Waals surface area contributed by atoms with Gasteiger partial charge in [-0.25, -0.2) is 8.42 Å². The number of nitrogens with one attached hydrogen (secondary N) is 1. The molecule has 1 aliphatic rings. The van der Waals surface area contributed by atoms with Crippen molar-refractivity contribution in [2.75, 3.05) is 43.1 Å². The lowest BCUT2D eigenvalue weighted by Crippen LogP contribution is -2.40. The van der Waals surface area contributed by atoms with Crippen LogP contribution in [-0.2, 0) is 21.4 Å². The number of rotatable bonds is 10. The molecule has 9 heteroatoms. The summed E-state index contributed by atoms with van der Waals surface area (Å²) in [7, 11) is -1.18. The zero-order valence-electron chi connectivity index (χ0n) is 22.4. The van der Waals surface area contributed by atoms with Crippen LogP contribution in [0, 0.1) is 13.8 Å². The van der Waals surface area contributed by atoms with Gasteiger partial charge in [-0.15, -0.1) is 0 Å². The SMILES string of the molecule is COc1ccc(S(=O)(=O)N(CC(=O)NCc2ccc(N3CCCC3)cc2)c2cc(C)cc(C)c2)cc1OC. The number of carbonyl (C=O) groups is 1. The molecule has 1 amide bonds. The number of amides is 1. The predicted octanol–water partition coefficient (Wildman–Crippen LogP) is 4.43. The second-order valence-corrected chi connectivity index (χ2v) is 11.4. The Morgan fingerprint density at radius 3 is 2.13 bits per heavy atom. The first kappa shape index (κ1) is 27.3. The molecule has 0 aromatic heterocycles. The number of anilines is 2. The van der Waals surface area contributed by atoms with E-state index in [4.69, 9.17) is 9.47 Å². The number of hydrogen-bond donors (Lipinski definition) is 1. The molecule has 8 nitrogen and oxygen atoms in total. The molecule has 1 heterocycles. The number of carbonyl (C=O) groups excluding carboxylic acids is 1. The molecule has 0 saturated carbocycles. The molecule has 202 valence electrons. The Labute approximate surface area is 225 Å². The van der Waals surface area contributed by atoms with Gasteiger partial charge in [-0.1, -0.05) is 18.2 Å². The van der Waals surface area contributed by atoms with Crippen LogP contribution in [0.5, 0.6) is 11.5 Å². The molecule has 0 atom stereocenters. The number of nitrogens with zero attached hydrogens (tertiary/aromatic N) is 2. The van der Waals surface area contributed by atoms with Gasteiger partial charge in [0.25, 0.3) is 10.0 Å². The van der Waals surface area contributed by atoms with Crippen molar-refractivity contribution in [3.63, 3.8) is 0 Å². The van der Waals surface area contributed by atoms with Gasteiger partial charge in [0, 0.05) is 31.4 Å². The minimum Gasteiger partial charge on any atom is -0.493 e. The molecule has 4 rings (SSSR count). The van der Waals surface area contributed by atoms with E-state index in [2.05, 4.69) is 22.3 Å². The summed E-state index contributed by atoms with van der Waals surface area (Å²) >= 11 is 0. The number of methoxy groups -OCH3 is 2. The number of hydrogen-bond acceptors (Lipinski definition) is 6. The molecule has 38 heavy (non-hydrogen) atoms. The van der Waals surface area contributed by atoms with Gasteiger partial charge >= 0.3 is 0 Å². The third kappa shape index (κ3) is 6.22. The molecule has 0 bridgehead atoms. The quantitative estimate of drug-likeness (QED) is 0.412. The highest BCUT2D eigenvalue weighted by Gasteiger charge is 2.28. The van der Waals surface area contributed by atoms with Crippen molar-refractivity contribution in [1.82, 2.24) is 5.32 Å². The van der Waals surface area contributed by atoms with Gasteiger partial charge in [-0.2, -0.15) is 0 Å². The Morgan fingerprint density at radius 1 is 0.895 bits per heavy atom. The fourth-order valence-electron chi connectivity index (χ4n) is 4.70.